The summed E-state index contributed by atoms with van der Waals surface area (Å²) in [6.07, 6.45) is 1.76. The number of esters is 1. The second-order valence-corrected chi connectivity index (χ2v) is 7.66. The summed E-state index contributed by atoms with van der Waals surface area (Å²) in [6.45, 7) is 11.7. The van der Waals surface area contributed by atoms with Gasteiger partial charge in [-0.3, -0.25) is 19.3 Å². The van der Waals surface area contributed by atoms with Gasteiger partial charge < -0.3 is 4.74 Å². The molecule has 0 radical (unpaired) electrons. The van der Waals surface area contributed by atoms with Gasteiger partial charge in [0.05, 0.1) is 5.69 Å². The van der Waals surface area contributed by atoms with E-state index in [9.17, 15) is 9.59 Å². The van der Waals surface area contributed by atoms with Gasteiger partial charge >= 0.3 is 5.97 Å². The van der Waals surface area contributed by atoms with E-state index in [1.165, 1.54) is 10.5 Å². The lowest BCUT2D eigenvalue weighted by Gasteiger charge is -2.26. The van der Waals surface area contributed by atoms with E-state index in [0.29, 0.717) is 17.9 Å². The van der Waals surface area contributed by atoms with Crippen LogP contribution < -0.4 is 10.9 Å². The first-order chi connectivity index (χ1) is 11.6. The zero-order valence-electron chi connectivity index (χ0n) is 15.8. The molecule has 1 atom stereocenters. The first-order valence-electron chi connectivity index (χ1n) is 8.52. The number of carbonyl (C=O) groups is 1. The number of fused-ring (bicyclic) bond motifs is 1. The third-order valence-corrected chi connectivity index (χ3v) is 3.69. The fraction of sp³-hybridized carbons (Fsp3) is 0.526. The van der Waals surface area contributed by atoms with Crippen LogP contribution in [0.5, 0.6) is 0 Å². The third-order valence-electron chi connectivity index (χ3n) is 3.69. The summed E-state index contributed by atoms with van der Waals surface area (Å²) in [4.78, 5) is 29.1. The highest BCUT2D eigenvalue weighted by atomic mass is 16.6. The van der Waals surface area contributed by atoms with E-state index < -0.39 is 11.6 Å². The maximum atomic E-state index is 12.4. The lowest BCUT2D eigenvalue weighted by Crippen LogP contribution is -2.44. The minimum absolute atomic E-state index is 0.0547. The number of rotatable bonds is 5. The molecular weight excluding hydrogens is 318 g/mol. The predicted octanol–water partition coefficient (Wildman–Crippen LogP) is 2.46. The Kier molecular flexibility index (Phi) is 5.62. The van der Waals surface area contributed by atoms with Crippen LogP contribution in [0.2, 0.25) is 0 Å². The minimum atomic E-state index is -0.538. The zero-order valence-corrected chi connectivity index (χ0v) is 15.8. The summed E-state index contributed by atoms with van der Waals surface area (Å²) in [5.41, 5.74) is 1.51. The number of ether oxygens (including phenoxy) is 1. The molecule has 1 N–H and O–H groups in total. The quantitative estimate of drug-likeness (QED) is 0.843. The molecule has 0 unspecified atom stereocenters. The topological polar surface area (TPSA) is 72.7 Å². The minimum Gasteiger partial charge on any atom is -0.459 e. The van der Waals surface area contributed by atoms with Gasteiger partial charge in [-0.25, -0.2) is 4.98 Å². The van der Waals surface area contributed by atoms with Crippen molar-refractivity contribution in [1.82, 2.24) is 14.7 Å². The number of aryl methyl sites for hydroxylation is 1. The van der Waals surface area contributed by atoms with Gasteiger partial charge in [0, 0.05) is 18.8 Å². The van der Waals surface area contributed by atoms with Crippen molar-refractivity contribution in [1.29, 1.82) is 0 Å². The Balaban J connectivity index is 2.18. The predicted molar refractivity (Wildman–Crippen MR) is 97.5 cm³/mol. The Hall–Kier alpha value is -2.21. The van der Waals surface area contributed by atoms with E-state index in [-0.39, 0.29) is 17.4 Å². The first-order valence-corrected chi connectivity index (χ1v) is 8.52. The number of carbonyl (C=O) groups excluding carboxylic acids is 1. The van der Waals surface area contributed by atoms with Crippen molar-refractivity contribution in [2.45, 2.75) is 59.7 Å². The number of hydrogen-bond acceptors (Lipinski definition) is 5. The first kappa shape index (κ1) is 19.1. The second-order valence-electron chi connectivity index (χ2n) is 7.66. The highest BCUT2D eigenvalue weighted by Crippen LogP contribution is 2.13. The summed E-state index contributed by atoms with van der Waals surface area (Å²) < 4.78 is 6.99. The van der Waals surface area contributed by atoms with Crippen LogP contribution in [0.25, 0.3) is 5.65 Å². The summed E-state index contributed by atoms with van der Waals surface area (Å²) in [5, 5.41) is 3.18. The Bertz CT molecular complexity index is 819. The normalized spacial score (nSPS) is 13.2. The molecule has 0 aliphatic heterocycles. The van der Waals surface area contributed by atoms with Crippen molar-refractivity contribution >= 4 is 11.6 Å². The summed E-state index contributed by atoms with van der Waals surface area (Å²) in [6, 6.07) is 4.76. The van der Waals surface area contributed by atoms with E-state index in [4.69, 9.17) is 4.74 Å². The monoisotopic (exact) mass is 345 g/mol. The van der Waals surface area contributed by atoms with E-state index in [2.05, 4.69) is 10.3 Å². The second kappa shape index (κ2) is 7.35. The van der Waals surface area contributed by atoms with Crippen molar-refractivity contribution < 1.29 is 9.53 Å². The van der Waals surface area contributed by atoms with Crippen LogP contribution in [0.4, 0.5) is 0 Å². The maximum absolute atomic E-state index is 12.4. The molecule has 0 aliphatic carbocycles. The van der Waals surface area contributed by atoms with Crippen LogP contribution in [0.1, 0.15) is 45.9 Å². The largest absolute Gasteiger partial charge is 0.459 e. The van der Waals surface area contributed by atoms with E-state index in [1.807, 2.05) is 53.7 Å². The Morgan fingerprint density at radius 2 is 2.00 bits per heavy atom. The van der Waals surface area contributed by atoms with Gasteiger partial charge in [-0.1, -0.05) is 19.9 Å². The summed E-state index contributed by atoms with van der Waals surface area (Å²) >= 11 is 0. The van der Waals surface area contributed by atoms with Crippen molar-refractivity contribution in [3.63, 3.8) is 0 Å². The lowest BCUT2D eigenvalue weighted by molar-refractivity contribution is -0.158. The number of hydrogen-bond donors (Lipinski definition) is 1. The van der Waals surface area contributed by atoms with Crippen molar-refractivity contribution in [2.24, 2.45) is 5.92 Å². The van der Waals surface area contributed by atoms with Gasteiger partial charge in [-0.2, -0.15) is 0 Å². The van der Waals surface area contributed by atoms with Crippen molar-refractivity contribution in [3.05, 3.63) is 46.0 Å². The lowest BCUT2D eigenvalue weighted by atomic mass is 10.0. The average Bonchev–Trinajstić information content (AvgIpc) is 2.46. The Labute approximate surface area is 148 Å². The van der Waals surface area contributed by atoms with Crippen LogP contribution in [-0.2, 0) is 16.1 Å². The molecule has 0 bridgehead atoms. The van der Waals surface area contributed by atoms with E-state index >= 15 is 0 Å². The van der Waals surface area contributed by atoms with Crippen LogP contribution in [0, 0.1) is 12.8 Å². The Morgan fingerprint density at radius 3 is 2.60 bits per heavy atom. The molecule has 136 valence electrons. The maximum Gasteiger partial charge on any atom is 0.323 e. The van der Waals surface area contributed by atoms with E-state index in [1.54, 1.807) is 6.20 Å². The number of nitrogens with zero attached hydrogens (tertiary/aromatic N) is 2. The fourth-order valence-corrected chi connectivity index (χ4v) is 2.52. The van der Waals surface area contributed by atoms with Crippen molar-refractivity contribution in [3.8, 4) is 0 Å². The molecule has 0 aliphatic rings. The molecule has 0 aromatic carbocycles. The zero-order chi connectivity index (χ0) is 18.8. The molecule has 6 nitrogen and oxygen atoms in total. The van der Waals surface area contributed by atoms with Crippen molar-refractivity contribution in [2.75, 3.05) is 0 Å². The van der Waals surface area contributed by atoms with Gasteiger partial charge in [0.25, 0.3) is 5.56 Å². The molecule has 0 fully saturated rings. The van der Waals surface area contributed by atoms with Gasteiger partial charge in [0.1, 0.15) is 17.3 Å². The molecule has 2 rings (SSSR count). The molecule has 0 saturated heterocycles. The average molecular weight is 345 g/mol. The highest BCUT2D eigenvalue weighted by molar-refractivity contribution is 5.76. The van der Waals surface area contributed by atoms with Crippen LogP contribution >= 0.6 is 0 Å². The molecule has 6 heteroatoms. The molecule has 0 spiro atoms. The van der Waals surface area contributed by atoms with Gasteiger partial charge in [0.2, 0.25) is 0 Å². The van der Waals surface area contributed by atoms with E-state index in [0.717, 1.165) is 5.56 Å². The van der Waals surface area contributed by atoms with Gasteiger partial charge in [-0.15, -0.1) is 0 Å². The molecule has 2 aromatic rings. The number of nitrogens with one attached hydrogen (secondary N) is 1. The van der Waals surface area contributed by atoms with Gasteiger partial charge in [-0.05, 0) is 45.2 Å². The molecule has 25 heavy (non-hydrogen) atoms. The van der Waals surface area contributed by atoms with Gasteiger partial charge in [0.15, 0.2) is 0 Å². The molecular formula is C19H27N3O3. The highest BCUT2D eigenvalue weighted by Gasteiger charge is 2.27. The van der Waals surface area contributed by atoms with Crippen LogP contribution in [0.3, 0.4) is 0 Å². The standard InChI is InChI=1S/C19H27N3O3/c1-12(2)17(18(24)25-19(4,5)6)20-10-14-9-16(23)22-11-13(3)7-8-15(22)21-14/h7-9,11-12,17,20H,10H2,1-6H3/t17-/m0/s1. The van der Waals surface area contributed by atoms with Crippen LogP contribution in [0.15, 0.2) is 29.2 Å². The third kappa shape index (κ3) is 5.13. The molecule has 0 saturated carbocycles. The molecule has 0 amide bonds. The summed E-state index contributed by atoms with van der Waals surface area (Å²) in [7, 11) is 0. The molecule has 2 heterocycles. The Morgan fingerprint density at radius 1 is 1.32 bits per heavy atom. The molecule has 2 aromatic heterocycles. The SMILES string of the molecule is Cc1ccc2nc(CN[C@H](C(=O)OC(C)(C)C)C(C)C)cc(=O)n2c1. The summed E-state index contributed by atoms with van der Waals surface area (Å²) in [5.74, 6) is -0.241. The van der Waals surface area contributed by atoms with Crippen LogP contribution in [-0.4, -0.2) is 27.0 Å². The number of aromatic nitrogens is 2. The fourth-order valence-electron chi connectivity index (χ4n) is 2.52. The smallest absolute Gasteiger partial charge is 0.323 e. The number of pyridine rings is 1.